The summed E-state index contributed by atoms with van der Waals surface area (Å²) in [5.74, 6) is -0.147. The van der Waals surface area contributed by atoms with Crippen LogP contribution in [0.3, 0.4) is 0 Å². The van der Waals surface area contributed by atoms with Gasteiger partial charge in [-0.05, 0) is 49.2 Å². The molecule has 0 saturated carbocycles. The second-order valence-corrected chi connectivity index (χ2v) is 5.21. The van der Waals surface area contributed by atoms with E-state index in [9.17, 15) is 4.79 Å². The van der Waals surface area contributed by atoms with Gasteiger partial charge in [0.1, 0.15) is 5.69 Å². The summed E-state index contributed by atoms with van der Waals surface area (Å²) in [6, 6.07) is 9.18. The third-order valence-electron chi connectivity index (χ3n) is 3.00. The zero-order valence-corrected chi connectivity index (χ0v) is 12.9. The minimum atomic E-state index is -0.147. The van der Waals surface area contributed by atoms with Crippen molar-refractivity contribution in [2.24, 2.45) is 0 Å². The molecule has 0 radical (unpaired) electrons. The fourth-order valence-electron chi connectivity index (χ4n) is 1.85. The molecule has 0 fully saturated rings. The highest BCUT2D eigenvalue weighted by Crippen LogP contribution is 2.23. The van der Waals surface area contributed by atoms with Crippen LogP contribution in [-0.2, 0) is 0 Å². The van der Waals surface area contributed by atoms with Crippen molar-refractivity contribution in [3.63, 3.8) is 0 Å². The van der Waals surface area contributed by atoms with Crippen molar-refractivity contribution in [3.8, 4) is 0 Å². The molecule has 2 aromatic rings. The first-order valence-electron chi connectivity index (χ1n) is 6.87. The topological polar surface area (TPSA) is 54.0 Å². The minimum absolute atomic E-state index is 0.147. The van der Waals surface area contributed by atoms with Crippen LogP contribution in [0.25, 0.3) is 0 Å². The van der Waals surface area contributed by atoms with Gasteiger partial charge in [0.05, 0.1) is 11.9 Å². The van der Waals surface area contributed by atoms with Crippen LogP contribution >= 0.6 is 11.6 Å². The van der Waals surface area contributed by atoms with Crippen LogP contribution in [0.2, 0.25) is 5.02 Å². The Morgan fingerprint density at radius 2 is 2.10 bits per heavy atom. The molecule has 0 spiro atoms. The number of pyridine rings is 1. The molecule has 1 heterocycles. The molecule has 0 unspecified atom stereocenters. The summed E-state index contributed by atoms with van der Waals surface area (Å²) < 4.78 is 0. The van der Waals surface area contributed by atoms with E-state index in [1.165, 1.54) is 0 Å². The Balaban J connectivity index is 2.07. The van der Waals surface area contributed by atoms with Crippen molar-refractivity contribution in [3.05, 3.63) is 52.8 Å². The zero-order chi connectivity index (χ0) is 15.2. The number of rotatable bonds is 5. The van der Waals surface area contributed by atoms with Gasteiger partial charge in [0, 0.05) is 17.3 Å². The number of hydrogen-bond donors (Lipinski definition) is 2. The van der Waals surface area contributed by atoms with Crippen LogP contribution in [0.15, 0.2) is 36.5 Å². The van der Waals surface area contributed by atoms with Gasteiger partial charge < -0.3 is 10.6 Å². The number of anilines is 2. The van der Waals surface area contributed by atoms with Gasteiger partial charge >= 0.3 is 0 Å². The van der Waals surface area contributed by atoms with Crippen molar-refractivity contribution in [2.45, 2.75) is 20.3 Å². The molecular weight excluding hydrogens is 286 g/mol. The summed E-state index contributed by atoms with van der Waals surface area (Å²) in [7, 11) is 0. The smallest absolute Gasteiger partial charge is 0.269 e. The molecule has 4 nitrogen and oxygen atoms in total. The number of carbonyl (C=O) groups is 1. The first-order valence-corrected chi connectivity index (χ1v) is 7.25. The third kappa shape index (κ3) is 4.20. The largest absolute Gasteiger partial charge is 0.354 e. The molecule has 0 saturated heterocycles. The molecular formula is C16H18ClN3O. The summed E-state index contributed by atoms with van der Waals surface area (Å²) in [4.78, 5) is 15.9. The van der Waals surface area contributed by atoms with E-state index in [-0.39, 0.29) is 5.91 Å². The average molecular weight is 304 g/mol. The number of aryl methyl sites for hydroxylation is 1. The number of nitrogens with zero attached hydrogens (tertiary/aromatic N) is 1. The summed E-state index contributed by atoms with van der Waals surface area (Å²) >= 11 is 5.93. The monoisotopic (exact) mass is 303 g/mol. The van der Waals surface area contributed by atoms with E-state index < -0.39 is 0 Å². The van der Waals surface area contributed by atoms with E-state index in [0.29, 0.717) is 17.3 Å². The molecule has 0 bridgehead atoms. The Labute approximate surface area is 129 Å². The maximum Gasteiger partial charge on any atom is 0.269 e. The highest BCUT2D eigenvalue weighted by molar-refractivity contribution is 6.30. The summed E-state index contributed by atoms with van der Waals surface area (Å²) in [6.07, 6.45) is 2.55. The number of halogens is 1. The molecule has 0 aliphatic rings. The van der Waals surface area contributed by atoms with Crippen molar-refractivity contribution in [1.82, 2.24) is 10.3 Å². The molecule has 1 amide bonds. The quantitative estimate of drug-likeness (QED) is 0.880. The summed E-state index contributed by atoms with van der Waals surface area (Å²) in [6.45, 7) is 4.65. The van der Waals surface area contributed by atoms with Crippen LogP contribution in [0.4, 0.5) is 11.4 Å². The molecule has 110 valence electrons. The van der Waals surface area contributed by atoms with Gasteiger partial charge in [-0.2, -0.15) is 0 Å². The van der Waals surface area contributed by atoms with Crippen LogP contribution < -0.4 is 10.6 Å². The second-order valence-electron chi connectivity index (χ2n) is 4.77. The molecule has 5 heteroatoms. The van der Waals surface area contributed by atoms with E-state index in [2.05, 4.69) is 15.6 Å². The summed E-state index contributed by atoms with van der Waals surface area (Å²) in [5, 5.41) is 6.76. The Kier molecular flexibility index (Phi) is 5.17. The van der Waals surface area contributed by atoms with Crippen LogP contribution in [0, 0.1) is 6.92 Å². The predicted molar refractivity (Wildman–Crippen MR) is 86.3 cm³/mol. The highest BCUT2D eigenvalue weighted by atomic mass is 35.5. The molecule has 0 aliphatic heterocycles. The Bertz CT molecular complexity index is 626. The Morgan fingerprint density at radius 3 is 2.71 bits per heavy atom. The number of aromatic nitrogens is 1. The number of benzene rings is 1. The fourth-order valence-corrected chi connectivity index (χ4v) is 2.08. The van der Waals surface area contributed by atoms with Crippen LogP contribution in [-0.4, -0.2) is 17.4 Å². The molecule has 21 heavy (non-hydrogen) atoms. The third-order valence-corrected chi connectivity index (χ3v) is 3.23. The number of hydrogen-bond acceptors (Lipinski definition) is 3. The van der Waals surface area contributed by atoms with Crippen LogP contribution in [0.1, 0.15) is 29.4 Å². The Morgan fingerprint density at radius 1 is 1.29 bits per heavy atom. The normalized spacial score (nSPS) is 10.2. The zero-order valence-electron chi connectivity index (χ0n) is 12.1. The van der Waals surface area contributed by atoms with Gasteiger partial charge in [0.15, 0.2) is 0 Å². The molecule has 1 aromatic carbocycles. The standard InChI is InChI=1S/C16H18ClN3O/c1-3-8-18-16(21)15-7-5-13(10-19-15)20-14-6-4-12(17)9-11(14)2/h4-7,9-10,20H,3,8H2,1-2H3,(H,18,21). The highest BCUT2D eigenvalue weighted by Gasteiger charge is 2.06. The Hall–Kier alpha value is -2.07. The van der Waals surface area contributed by atoms with Gasteiger partial charge in [-0.3, -0.25) is 4.79 Å². The van der Waals surface area contributed by atoms with E-state index in [1.54, 1.807) is 12.3 Å². The number of amides is 1. The van der Waals surface area contributed by atoms with Crippen molar-refractivity contribution >= 4 is 28.9 Å². The average Bonchev–Trinajstić information content (AvgIpc) is 2.48. The lowest BCUT2D eigenvalue weighted by molar-refractivity contribution is 0.0949. The molecule has 2 rings (SSSR count). The van der Waals surface area contributed by atoms with Gasteiger partial charge in [-0.25, -0.2) is 4.98 Å². The lowest BCUT2D eigenvalue weighted by atomic mass is 10.2. The van der Waals surface area contributed by atoms with Crippen molar-refractivity contribution in [2.75, 3.05) is 11.9 Å². The lowest BCUT2D eigenvalue weighted by Crippen LogP contribution is -2.24. The molecule has 0 aliphatic carbocycles. The van der Waals surface area contributed by atoms with E-state index in [4.69, 9.17) is 11.6 Å². The SMILES string of the molecule is CCCNC(=O)c1ccc(Nc2ccc(Cl)cc2C)cn1. The first-order chi connectivity index (χ1) is 10.1. The summed E-state index contributed by atoms with van der Waals surface area (Å²) in [5.41, 5.74) is 3.26. The molecule has 2 N–H and O–H groups in total. The van der Waals surface area contributed by atoms with E-state index in [0.717, 1.165) is 23.4 Å². The molecule has 0 atom stereocenters. The fraction of sp³-hybridized carbons (Fsp3) is 0.250. The van der Waals surface area contributed by atoms with E-state index >= 15 is 0 Å². The second kappa shape index (κ2) is 7.09. The van der Waals surface area contributed by atoms with Gasteiger partial charge in [-0.1, -0.05) is 18.5 Å². The van der Waals surface area contributed by atoms with Crippen molar-refractivity contribution in [1.29, 1.82) is 0 Å². The predicted octanol–water partition coefficient (Wildman–Crippen LogP) is 3.93. The number of nitrogens with one attached hydrogen (secondary N) is 2. The van der Waals surface area contributed by atoms with E-state index in [1.807, 2.05) is 38.1 Å². The van der Waals surface area contributed by atoms with Gasteiger partial charge in [0.25, 0.3) is 5.91 Å². The first kappa shape index (κ1) is 15.3. The van der Waals surface area contributed by atoms with Crippen LogP contribution in [0.5, 0.6) is 0 Å². The van der Waals surface area contributed by atoms with Gasteiger partial charge in [0.2, 0.25) is 0 Å². The maximum absolute atomic E-state index is 11.8. The maximum atomic E-state index is 11.8. The lowest BCUT2D eigenvalue weighted by Gasteiger charge is -2.10. The number of carbonyl (C=O) groups excluding carboxylic acids is 1. The molecule has 1 aromatic heterocycles. The van der Waals surface area contributed by atoms with Gasteiger partial charge in [-0.15, -0.1) is 0 Å². The van der Waals surface area contributed by atoms with Crippen molar-refractivity contribution < 1.29 is 4.79 Å². The minimum Gasteiger partial charge on any atom is -0.354 e.